The van der Waals surface area contributed by atoms with Gasteiger partial charge in [0.05, 0.1) is 6.42 Å². The van der Waals surface area contributed by atoms with E-state index >= 15 is 0 Å². The lowest BCUT2D eigenvalue weighted by molar-refractivity contribution is -0.137. The van der Waals surface area contributed by atoms with Gasteiger partial charge in [-0.25, -0.2) is 0 Å². The smallest absolute Gasteiger partial charge is 0.305 e. The molecule has 1 aromatic rings. The molecular formula is C11H13NO3. The number of rotatable bonds is 4. The van der Waals surface area contributed by atoms with Crippen LogP contribution in [0, 0.1) is 0 Å². The van der Waals surface area contributed by atoms with Crippen LogP contribution in [-0.2, 0) is 4.79 Å². The topological polar surface area (TPSA) is 80.4 Å². The van der Waals surface area contributed by atoms with Crippen molar-refractivity contribution in [2.24, 2.45) is 5.73 Å². The Labute approximate surface area is 87.7 Å². The second-order valence-electron chi connectivity index (χ2n) is 3.38. The van der Waals surface area contributed by atoms with Crippen LogP contribution >= 0.6 is 0 Å². The molecule has 4 nitrogen and oxygen atoms in total. The van der Waals surface area contributed by atoms with Gasteiger partial charge in [-0.2, -0.15) is 0 Å². The zero-order valence-electron chi connectivity index (χ0n) is 8.43. The first-order chi connectivity index (χ1) is 7.00. The number of carbonyl (C=O) groups excluding carboxylic acids is 1. The molecule has 1 rings (SSSR count). The van der Waals surface area contributed by atoms with Gasteiger partial charge in [-0.3, -0.25) is 9.59 Å². The number of carbonyl (C=O) groups is 2. The summed E-state index contributed by atoms with van der Waals surface area (Å²) >= 11 is 0. The summed E-state index contributed by atoms with van der Waals surface area (Å²) in [6.07, 6.45) is -0.112. The Morgan fingerprint density at radius 1 is 1.33 bits per heavy atom. The summed E-state index contributed by atoms with van der Waals surface area (Å²) < 4.78 is 0. The van der Waals surface area contributed by atoms with Crippen LogP contribution in [0.15, 0.2) is 24.3 Å². The third-order valence-electron chi connectivity index (χ3n) is 2.14. The van der Waals surface area contributed by atoms with Gasteiger partial charge in [0.15, 0.2) is 5.78 Å². The number of hydrogen-bond acceptors (Lipinski definition) is 3. The lowest BCUT2D eigenvalue weighted by Gasteiger charge is -2.09. The van der Waals surface area contributed by atoms with E-state index in [2.05, 4.69) is 0 Å². The van der Waals surface area contributed by atoms with Gasteiger partial charge in [0, 0.05) is 11.6 Å². The molecule has 0 aliphatic carbocycles. The van der Waals surface area contributed by atoms with Crippen LogP contribution in [0.4, 0.5) is 0 Å². The summed E-state index contributed by atoms with van der Waals surface area (Å²) in [5, 5.41) is 8.55. The average Bonchev–Trinajstić information content (AvgIpc) is 2.17. The molecule has 0 aliphatic heterocycles. The van der Waals surface area contributed by atoms with Crippen LogP contribution in [0.2, 0.25) is 0 Å². The molecule has 1 atom stereocenters. The third kappa shape index (κ3) is 3.18. The lowest BCUT2D eigenvalue weighted by atomic mass is 10.0. The van der Waals surface area contributed by atoms with Crippen LogP contribution < -0.4 is 5.73 Å². The van der Waals surface area contributed by atoms with Crippen molar-refractivity contribution < 1.29 is 14.7 Å². The zero-order valence-corrected chi connectivity index (χ0v) is 8.43. The highest BCUT2D eigenvalue weighted by atomic mass is 16.4. The molecule has 0 spiro atoms. The average molecular weight is 207 g/mol. The maximum atomic E-state index is 11.0. The highest BCUT2D eigenvalue weighted by molar-refractivity contribution is 5.94. The molecule has 3 N–H and O–H groups in total. The Morgan fingerprint density at radius 3 is 2.27 bits per heavy atom. The second-order valence-corrected chi connectivity index (χ2v) is 3.38. The van der Waals surface area contributed by atoms with Gasteiger partial charge in [0.2, 0.25) is 0 Å². The van der Waals surface area contributed by atoms with Crippen molar-refractivity contribution in [1.29, 1.82) is 0 Å². The largest absolute Gasteiger partial charge is 0.481 e. The van der Waals surface area contributed by atoms with E-state index in [1.165, 1.54) is 6.92 Å². The first-order valence-electron chi connectivity index (χ1n) is 4.59. The molecule has 1 aromatic carbocycles. The van der Waals surface area contributed by atoms with E-state index in [4.69, 9.17) is 10.8 Å². The normalized spacial score (nSPS) is 12.1. The molecule has 0 saturated carbocycles. The fourth-order valence-corrected chi connectivity index (χ4v) is 1.27. The van der Waals surface area contributed by atoms with E-state index in [1.807, 2.05) is 0 Å². The van der Waals surface area contributed by atoms with Gasteiger partial charge >= 0.3 is 5.97 Å². The highest BCUT2D eigenvalue weighted by Crippen LogP contribution is 2.14. The summed E-state index contributed by atoms with van der Waals surface area (Å²) in [6.45, 7) is 1.48. The molecule has 15 heavy (non-hydrogen) atoms. The number of carboxylic acid groups (broad SMARTS) is 1. The molecule has 0 saturated heterocycles. The number of Topliss-reactive ketones (excluding diaryl/α,β-unsaturated/α-hetero) is 1. The van der Waals surface area contributed by atoms with Crippen LogP contribution in [0.5, 0.6) is 0 Å². The quantitative estimate of drug-likeness (QED) is 0.730. The van der Waals surface area contributed by atoms with Crippen molar-refractivity contribution in [1.82, 2.24) is 0 Å². The van der Waals surface area contributed by atoms with Crippen LogP contribution in [0.3, 0.4) is 0 Å². The summed E-state index contributed by atoms with van der Waals surface area (Å²) in [5.74, 6) is -0.952. The van der Waals surface area contributed by atoms with Gasteiger partial charge in [-0.15, -0.1) is 0 Å². The van der Waals surface area contributed by atoms with Gasteiger partial charge in [0.25, 0.3) is 0 Å². The number of hydrogen-bond donors (Lipinski definition) is 2. The number of aliphatic carboxylic acids is 1. The van der Waals surface area contributed by atoms with E-state index < -0.39 is 12.0 Å². The lowest BCUT2D eigenvalue weighted by Crippen LogP contribution is -2.14. The second kappa shape index (κ2) is 4.70. The molecule has 0 amide bonds. The number of nitrogens with two attached hydrogens (primary N) is 1. The maximum absolute atomic E-state index is 11.0. The third-order valence-corrected chi connectivity index (χ3v) is 2.14. The summed E-state index contributed by atoms with van der Waals surface area (Å²) in [7, 11) is 0. The van der Waals surface area contributed by atoms with E-state index in [9.17, 15) is 9.59 Å². The van der Waals surface area contributed by atoms with Gasteiger partial charge in [-0.05, 0) is 12.5 Å². The molecule has 0 fully saturated rings. The van der Waals surface area contributed by atoms with Crippen molar-refractivity contribution >= 4 is 11.8 Å². The summed E-state index contributed by atoms with van der Waals surface area (Å²) in [6, 6.07) is 6.15. The molecule has 0 bridgehead atoms. The molecule has 0 aliphatic rings. The van der Waals surface area contributed by atoms with Gasteiger partial charge in [-0.1, -0.05) is 24.3 Å². The predicted octanol–water partition coefficient (Wildman–Crippen LogP) is 1.36. The zero-order chi connectivity index (χ0) is 11.4. The molecule has 0 radical (unpaired) electrons. The Morgan fingerprint density at radius 2 is 1.87 bits per heavy atom. The molecular weight excluding hydrogens is 194 g/mol. The summed E-state index contributed by atoms with van der Waals surface area (Å²) in [5.41, 5.74) is 6.98. The minimum atomic E-state index is -0.932. The fourth-order valence-electron chi connectivity index (χ4n) is 1.27. The van der Waals surface area contributed by atoms with E-state index in [-0.39, 0.29) is 12.2 Å². The van der Waals surface area contributed by atoms with Crippen molar-refractivity contribution in [3.63, 3.8) is 0 Å². The van der Waals surface area contributed by atoms with E-state index in [0.29, 0.717) is 5.56 Å². The van der Waals surface area contributed by atoms with Crippen LogP contribution in [-0.4, -0.2) is 16.9 Å². The number of ketones is 1. The SMILES string of the molecule is CC(=O)c1ccc(C(N)CC(=O)O)cc1. The van der Waals surface area contributed by atoms with Crippen molar-refractivity contribution in [3.05, 3.63) is 35.4 Å². The van der Waals surface area contributed by atoms with Crippen molar-refractivity contribution in [3.8, 4) is 0 Å². The predicted molar refractivity (Wildman–Crippen MR) is 55.6 cm³/mol. The Balaban J connectivity index is 2.79. The molecule has 0 heterocycles. The molecule has 0 aromatic heterocycles. The Hall–Kier alpha value is -1.68. The highest BCUT2D eigenvalue weighted by Gasteiger charge is 2.10. The maximum Gasteiger partial charge on any atom is 0.305 e. The van der Waals surface area contributed by atoms with Gasteiger partial charge in [0.1, 0.15) is 0 Å². The van der Waals surface area contributed by atoms with E-state index in [0.717, 1.165) is 5.56 Å². The van der Waals surface area contributed by atoms with Crippen molar-refractivity contribution in [2.75, 3.05) is 0 Å². The van der Waals surface area contributed by atoms with E-state index in [1.54, 1.807) is 24.3 Å². The summed E-state index contributed by atoms with van der Waals surface area (Å²) in [4.78, 5) is 21.4. The molecule has 4 heteroatoms. The number of carboxylic acids is 1. The standard InChI is InChI=1S/C11H13NO3/c1-7(13)8-2-4-9(5-3-8)10(12)6-11(14)15/h2-5,10H,6,12H2,1H3,(H,14,15). The minimum Gasteiger partial charge on any atom is -0.481 e. The Kier molecular flexibility index (Phi) is 3.57. The van der Waals surface area contributed by atoms with Gasteiger partial charge < -0.3 is 10.8 Å². The monoisotopic (exact) mass is 207 g/mol. The fraction of sp³-hybridized carbons (Fsp3) is 0.273. The first kappa shape index (κ1) is 11.4. The van der Waals surface area contributed by atoms with Crippen molar-refractivity contribution in [2.45, 2.75) is 19.4 Å². The first-order valence-corrected chi connectivity index (χ1v) is 4.59. The van der Waals surface area contributed by atoms with Crippen LogP contribution in [0.25, 0.3) is 0 Å². The minimum absolute atomic E-state index is 0.0200. The Bertz CT molecular complexity index is 370. The molecule has 80 valence electrons. The number of benzene rings is 1. The van der Waals surface area contributed by atoms with Crippen LogP contribution in [0.1, 0.15) is 35.3 Å². The molecule has 1 unspecified atom stereocenters.